The highest BCUT2D eigenvalue weighted by Crippen LogP contribution is 2.30. The van der Waals surface area contributed by atoms with Crippen LogP contribution in [0.5, 0.6) is 0 Å². The fourth-order valence-corrected chi connectivity index (χ4v) is 3.85. The van der Waals surface area contributed by atoms with Gasteiger partial charge in [-0.25, -0.2) is 4.39 Å². The standard InChI is InChI=1S/C21H29FN4O2.ClH/c1-14(2)11-26(13-20(27)15-4-6-17(22)7-5-15)21(28)19-10-23-9-18(19)16-8-24-25(3)12-16;/h4-8,12,14,18-20,23,27H,9-11,13H2,1-3H3;1H/t18-,19+,20?;/m1./s1. The molecule has 1 fully saturated rings. The molecule has 2 aromatic rings. The van der Waals surface area contributed by atoms with Crippen LogP contribution in [0, 0.1) is 17.7 Å². The number of carbonyl (C=O) groups excluding carboxylic acids is 1. The molecule has 1 aliphatic rings. The third-order valence-corrected chi connectivity index (χ3v) is 5.23. The van der Waals surface area contributed by atoms with E-state index in [0.717, 1.165) is 12.1 Å². The first-order valence-corrected chi connectivity index (χ1v) is 9.76. The highest BCUT2D eigenvalue weighted by molar-refractivity contribution is 5.85. The Bertz CT molecular complexity index is 796. The Balaban J connectivity index is 0.00000300. The van der Waals surface area contributed by atoms with Crippen molar-refractivity contribution in [2.75, 3.05) is 26.2 Å². The average molecular weight is 425 g/mol. The quantitative estimate of drug-likeness (QED) is 0.716. The summed E-state index contributed by atoms with van der Waals surface area (Å²) in [7, 11) is 1.87. The van der Waals surface area contributed by atoms with Crippen LogP contribution >= 0.6 is 12.4 Å². The maximum Gasteiger partial charge on any atom is 0.227 e. The molecule has 0 aliphatic carbocycles. The van der Waals surface area contributed by atoms with Gasteiger partial charge in [-0.15, -0.1) is 12.4 Å². The fraction of sp³-hybridized carbons (Fsp3) is 0.524. The van der Waals surface area contributed by atoms with E-state index in [1.54, 1.807) is 21.7 Å². The molecule has 2 heterocycles. The lowest BCUT2D eigenvalue weighted by molar-refractivity contribution is -0.137. The zero-order valence-electron chi connectivity index (χ0n) is 17.1. The molecule has 3 atom stereocenters. The van der Waals surface area contributed by atoms with Gasteiger partial charge in [0.1, 0.15) is 5.82 Å². The molecule has 1 amide bonds. The van der Waals surface area contributed by atoms with Crippen LogP contribution in [-0.4, -0.2) is 51.9 Å². The Hall–Kier alpha value is -1.96. The second-order valence-corrected chi connectivity index (χ2v) is 8.02. The molecule has 160 valence electrons. The Morgan fingerprint density at radius 3 is 2.59 bits per heavy atom. The summed E-state index contributed by atoms with van der Waals surface area (Å²) in [5, 5.41) is 18.2. The van der Waals surface area contributed by atoms with Crippen molar-refractivity contribution in [2.45, 2.75) is 25.9 Å². The molecular formula is C21H30ClFN4O2. The van der Waals surface area contributed by atoms with Gasteiger partial charge in [0.25, 0.3) is 0 Å². The Morgan fingerprint density at radius 2 is 2.00 bits per heavy atom. The number of hydrogen-bond acceptors (Lipinski definition) is 4. The number of aliphatic hydroxyl groups excluding tert-OH is 1. The predicted octanol–water partition coefficient (Wildman–Crippen LogP) is 2.50. The van der Waals surface area contributed by atoms with Crippen molar-refractivity contribution in [3.8, 4) is 0 Å². The van der Waals surface area contributed by atoms with Gasteiger partial charge in [-0.1, -0.05) is 26.0 Å². The largest absolute Gasteiger partial charge is 0.387 e. The summed E-state index contributed by atoms with van der Waals surface area (Å²) in [4.78, 5) is 15.1. The first-order valence-electron chi connectivity index (χ1n) is 9.76. The van der Waals surface area contributed by atoms with Crippen molar-refractivity contribution in [2.24, 2.45) is 18.9 Å². The van der Waals surface area contributed by atoms with Crippen molar-refractivity contribution >= 4 is 18.3 Å². The van der Waals surface area contributed by atoms with Crippen LogP contribution in [0.25, 0.3) is 0 Å². The minimum Gasteiger partial charge on any atom is -0.387 e. The Morgan fingerprint density at radius 1 is 1.31 bits per heavy atom. The monoisotopic (exact) mass is 424 g/mol. The zero-order chi connectivity index (χ0) is 20.3. The van der Waals surface area contributed by atoms with Crippen LogP contribution in [-0.2, 0) is 11.8 Å². The molecule has 3 rings (SSSR count). The zero-order valence-corrected chi connectivity index (χ0v) is 17.9. The molecule has 0 bridgehead atoms. The molecule has 1 unspecified atom stereocenters. The molecule has 1 aliphatic heterocycles. The topological polar surface area (TPSA) is 70.4 Å². The maximum absolute atomic E-state index is 13.4. The molecule has 0 radical (unpaired) electrons. The summed E-state index contributed by atoms with van der Waals surface area (Å²) in [6, 6.07) is 5.78. The second kappa shape index (κ2) is 10.2. The summed E-state index contributed by atoms with van der Waals surface area (Å²) < 4.78 is 14.9. The predicted molar refractivity (Wildman–Crippen MR) is 112 cm³/mol. The van der Waals surface area contributed by atoms with Crippen LogP contribution in [0.2, 0.25) is 0 Å². The van der Waals surface area contributed by atoms with E-state index in [1.807, 2.05) is 19.4 Å². The van der Waals surface area contributed by atoms with E-state index < -0.39 is 6.10 Å². The smallest absolute Gasteiger partial charge is 0.227 e. The van der Waals surface area contributed by atoms with Gasteiger partial charge in [-0.3, -0.25) is 9.48 Å². The van der Waals surface area contributed by atoms with Crippen molar-refractivity contribution in [3.63, 3.8) is 0 Å². The lowest BCUT2D eigenvalue weighted by atomic mass is 9.89. The number of nitrogens with one attached hydrogen (secondary N) is 1. The van der Waals surface area contributed by atoms with Gasteiger partial charge in [-0.2, -0.15) is 5.10 Å². The van der Waals surface area contributed by atoms with Crippen LogP contribution < -0.4 is 5.32 Å². The van der Waals surface area contributed by atoms with Crippen LogP contribution in [0.1, 0.15) is 37.0 Å². The number of aliphatic hydroxyl groups is 1. The first-order chi connectivity index (χ1) is 13.3. The number of hydrogen-bond donors (Lipinski definition) is 2. The van der Waals surface area contributed by atoms with Crippen molar-refractivity contribution in [1.82, 2.24) is 20.0 Å². The van der Waals surface area contributed by atoms with Crippen molar-refractivity contribution < 1.29 is 14.3 Å². The number of halogens is 2. The van der Waals surface area contributed by atoms with E-state index >= 15 is 0 Å². The number of aryl methyl sites for hydroxylation is 1. The van der Waals surface area contributed by atoms with Gasteiger partial charge < -0.3 is 15.3 Å². The highest BCUT2D eigenvalue weighted by atomic mass is 35.5. The molecule has 1 saturated heterocycles. The molecule has 29 heavy (non-hydrogen) atoms. The highest BCUT2D eigenvalue weighted by Gasteiger charge is 2.37. The number of carbonyl (C=O) groups is 1. The average Bonchev–Trinajstić information content (AvgIpc) is 3.29. The Kier molecular flexibility index (Phi) is 8.19. The molecule has 8 heteroatoms. The molecule has 6 nitrogen and oxygen atoms in total. The van der Waals surface area contributed by atoms with Crippen molar-refractivity contribution in [3.05, 3.63) is 53.6 Å². The third kappa shape index (κ3) is 5.78. The second-order valence-electron chi connectivity index (χ2n) is 8.02. The molecule has 2 N–H and O–H groups in total. The summed E-state index contributed by atoms with van der Waals surface area (Å²) >= 11 is 0. The van der Waals surface area contributed by atoms with Crippen molar-refractivity contribution in [1.29, 1.82) is 0 Å². The number of nitrogens with zero attached hydrogens (tertiary/aromatic N) is 3. The van der Waals surface area contributed by atoms with E-state index in [2.05, 4.69) is 24.3 Å². The van der Waals surface area contributed by atoms with E-state index in [9.17, 15) is 14.3 Å². The van der Waals surface area contributed by atoms with E-state index in [4.69, 9.17) is 0 Å². The van der Waals surface area contributed by atoms with Gasteiger partial charge in [0, 0.05) is 38.8 Å². The number of aromatic nitrogens is 2. The normalized spacial score (nSPS) is 19.8. The van der Waals surface area contributed by atoms with Gasteiger partial charge in [0.2, 0.25) is 5.91 Å². The molecule has 1 aromatic heterocycles. The third-order valence-electron chi connectivity index (χ3n) is 5.23. The van der Waals surface area contributed by atoms with Crippen LogP contribution in [0.15, 0.2) is 36.7 Å². The summed E-state index contributed by atoms with van der Waals surface area (Å²) in [5.41, 5.74) is 1.66. The van der Waals surface area contributed by atoms with Gasteiger partial charge in [0.05, 0.1) is 24.8 Å². The molecular weight excluding hydrogens is 395 g/mol. The minimum atomic E-state index is -0.852. The molecule has 1 aromatic carbocycles. The number of rotatable bonds is 7. The molecule has 0 saturated carbocycles. The minimum absolute atomic E-state index is 0. The summed E-state index contributed by atoms with van der Waals surface area (Å²) in [6.07, 6.45) is 2.92. The van der Waals surface area contributed by atoms with Gasteiger partial charge in [0.15, 0.2) is 0 Å². The van der Waals surface area contributed by atoms with Gasteiger partial charge >= 0.3 is 0 Å². The lowest BCUT2D eigenvalue weighted by Gasteiger charge is -2.31. The SMILES string of the molecule is CC(C)CN(CC(O)c1ccc(F)cc1)C(=O)[C@H]1CNC[C@@H]1c1cnn(C)c1.Cl. The van der Waals surface area contributed by atoms with E-state index in [-0.39, 0.29) is 48.4 Å². The van der Waals surface area contributed by atoms with E-state index in [0.29, 0.717) is 18.7 Å². The summed E-state index contributed by atoms with van der Waals surface area (Å²) in [5.74, 6) is -0.158. The lowest BCUT2D eigenvalue weighted by Crippen LogP contribution is -2.43. The van der Waals surface area contributed by atoms with Crippen LogP contribution in [0.3, 0.4) is 0 Å². The maximum atomic E-state index is 13.4. The van der Waals surface area contributed by atoms with Crippen LogP contribution in [0.4, 0.5) is 4.39 Å². The van der Waals surface area contributed by atoms with Gasteiger partial charge in [-0.05, 0) is 29.2 Å². The fourth-order valence-electron chi connectivity index (χ4n) is 3.85. The summed E-state index contributed by atoms with van der Waals surface area (Å²) in [6.45, 7) is 6.20. The Labute approximate surface area is 177 Å². The van der Waals surface area contributed by atoms with E-state index in [1.165, 1.54) is 12.1 Å². The number of benzene rings is 1. The number of amides is 1. The first kappa shape index (κ1) is 23.3. The molecule has 0 spiro atoms.